The zero-order chi connectivity index (χ0) is 14.3. The molecule has 5 heteroatoms. The van der Waals surface area contributed by atoms with Gasteiger partial charge >= 0.3 is 11.1 Å². The van der Waals surface area contributed by atoms with E-state index in [2.05, 4.69) is 0 Å². The van der Waals surface area contributed by atoms with Crippen molar-refractivity contribution in [2.45, 2.75) is 26.3 Å². The van der Waals surface area contributed by atoms with Gasteiger partial charge in [0.15, 0.2) is 0 Å². The second kappa shape index (κ2) is 4.74. The van der Waals surface area contributed by atoms with E-state index in [1.165, 1.54) is 21.4 Å². The summed E-state index contributed by atoms with van der Waals surface area (Å²) in [7, 11) is 0. The Morgan fingerprint density at radius 1 is 1.20 bits per heavy atom. The Hall–Kier alpha value is -2.17. The monoisotopic (exact) mass is 274 g/mol. The van der Waals surface area contributed by atoms with Crippen molar-refractivity contribution < 1.29 is 4.39 Å². The van der Waals surface area contributed by atoms with Gasteiger partial charge in [0.2, 0.25) is 0 Å². The van der Waals surface area contributed by atoms with Crippen LogP contribution in [0.25, 0.3) is 5.69 Å². The fraction of sp³-hybridized carbons (Fsp3) is 0.333. The van der Waals surface area contributed by atoms with E-state index >= 15 is 0 Å². The van der Waals surface area contributed by atoms with Gasteiger partial charge in [-0.25, -0.2) is 4.39 Å². The van der Waals surface area contributed by atoms with Gasteiger partial charge in [-0.05, 0) is 43.4 Å². The highest BCUT2D eigenvalue weighted by Crippen LogP contribution is 2.29. The van der Waals surface area contributed by atoms with Crippen LogP contribution in [-0.2, 0) is 6.54 Å². The van der Waals surface area contributed by atoms with Gasteiger partial charge in [0.25, 0.3) is 0 Å². The molecule has 1 heterocycles. The lowest BCUT2D eigenvalue weighted by Crippen LogP contribution is -2.40. The van der Waals surface area contributed by atoms with Crippen LogP contribution in [0.2, 0.25) is 0 Å². The molecule has 20 heavy (non-hydrogen) atoms. The van der Waals surface area contributed by atoms with E-state index in [0.717, 1.165) is 12.8 Å². The Labute approximate surface area is 115 Å². The van der Waals surface area contributed by atoms with Crippen molar-refractivity contribution in [2.24, 2.45) is 5.92 Å². The number of hydrogen-bond donors (Lipinski definition) is 0. The first-order chi connectivity index (χ1) is 9.56. The van der Waals surface area contributed by atoms with Crippen LogP contribution in [0, 0.1) is 18.7 Å². The molecule has 1 aromatic carbocycles. The zero-order valence-electron chi connectivity index (χ0n) is 11.2. The Morgan fingerprint density at radius 2 is 1.95 bits per heavy atom. The van der Waals surface area contributed by atoms with E-state index in [4.69, 9.17) is 0 Å². The third-order valence-corrected chi connectivity index (χ3v) is 3.64. The van der Waals surface area contributed by atoms with Gasteiger partial charge in [0.1, 0.15) is 5.82 Å². The Bertz CT molecular complexity index is 772. The van der Waals surface area contributed by atoms with Gasteiger partial charge in [0, 0.05) is 18.9 Å². The first-order valence-corrected chi connectivity index (χ1v) is 6.65. The predicted octanol–water partition coefficient (Wildman–Crippen LogP) is 1.86. The SMILES string of the molecule is Cc1ccc(-n2ccn(CC3CC3)c(=O)c2=O)cc1F. The molecule has 1 aliphatic rings. The molecular formula is C15H15FN2O2. The molecule has 0 spiro atoms. The number of benzene rings is 1. The second-order valence-corrected chi connectivity index (χ2v) is 5.31. The molecule has 0 saturated heterocycles. The van der Waals surface area contributed by atoms with Crippen LogP contribution in [0.4, 0.5) is 4.39 Å². The molecule has 0 atom stereocenters. The zero-order valence-corrected chi connectivity index (χ0v) is 11.2. The summed E-state index contributed by atoms with van der Waals surface area (Å²) in [4.78, 5) is 24.1. The number of nitrogens with zero attached hydrogens (tertiary/aromatic N) is 2. The summed E-state index contributed by atoms with van der Waals surface area (Å²) in [5.41, 5.74) is -0.325. The van der Waals surface area contributed by atoms with Crippen molar-refractivity contribution in [3.63, 3.8) is 0 Å². The topological polar surface area (TPSA) is 44.0 Å². The van der Waals surface area contributed by atoms with Crippen molar-refractivity contribution in [2.75, 3.05) is 0 Å². The highest BCUT2D eigenvalue weighted by Gasteiger charge is 2.22. The molecule has 0 radical (unpaired) electrons. The number of aromatic nitrogens is 2. The summed E-state index contributed by atoms with van der Waals surface area (Å²) < 4.78 is 16.2. The molecule has 2 aromatic rings. The quantitative estimate of drug-likeness (QED) is 0.802. The van der Waals surface area contributed by atoms with E-state index < -0.39 is 16.9 Å². The normalized spacial score (nSPS) is 14.5. The molecular weight excluding hydrogens is 259 g/mol. The van der Waals surface area contributed by atoms with Crippen LogP contribution in [0.1, 0.15) is 18.4 Å². The van der Waals surface area contributed by atoms with Crippen molar-refractivity contribution in [1.82, 2.24) is 9.13 Å². The molecule has 4 nitrogen and oxygen atoms in total. The summed E-state index contributed by atoms with van der Waals surface area (Å²) >= 11 is 0. The second-order valence-electron chi connectivity index (χ2n) is 5.31. The van der Waals surface area contributed by atoms with Crippen LogP contribution in [0.5, 0.6) is 0 Å². The molecule has 1 saturated carbocycles. The van der Waals surface area contributed by atoms with E-state index in [9.17, 15) is 14.0 Å². The molecule has 0 bridgehead atoms. The van der Waals surface area contributed by atoms with Crippen LogP contribution in [0.15, 0.2) is 40.2 Å². The number of aryl methyl sites for hydroxylation is 1. The molecule has 0 unspecified atom stereocenters. The lowest BCUT2D eigenvalue weighted by atomic mass is 10.2. The van der Waals surface area contributed by atoms with Gasteiger partial charge in [-0.3, -0.25) is 14.2 Å². The largest absolute Gasteiger partial charge is 0.320 e. The molecule has 3 rings (SSSR count). The van der Waals surface area contributed by atoms with Crippen LogP contribution >= 0.6 is 0 Å². The number of halogens is 1. The minimum absolute atomic E-state index is 0.369. The summed E-state index contributed by atoms with van der Waals surface area (Å²) in [6, 6.07) is 4.48. The van der Waals surface area contributed by atoms with Crippen molar-refractivity contribution in [3.05, 3.63) is 62.7 Å². The molecule has 1 aliphatic carbocycles. The third kappa shape index (κ3) is 2.31. The highest BCUT2D eigenvalue weighted by atomic mass is 19.1. The summed E-state index contributed by atoms with van der Waals surface area (Å²) in [6.07, 6.45) is 5.34. The summed E-state index contributed by atoms with van der Waals surface area (Å²) in [6.45, 7) is 2.24. The highest BCUT2D eigenvalue weighted by molar-refractivity contribution is 5.35. The van der Waals surface area contributed by atoms with Crippen LogP contribution in [0.3, 0.4) is 0 Å². The molecule has 104 valence electrons. The first-order valence-electron chi connectivity index (χ1n) is 6.65. The van der Waals surface area contributed by atoms with Crippen molar-refractivity contribution >= 4 is 0 Å². The standard InChI is InChI=1S/C15H15FN2O2/c1-10-2-5-12(8-13(10)16)18-7-6-17(9-11-3-4-11)14(19)15(18)20/h2,5-8,11H,3-4,9H2,1H3. The van der Waals surface area contributed by atoms with E-state index in [1.54, 1.807) is 25.3 Å². The summed E-state index contributed by atoms with van der Waals surface area (Å²) in [5, 5.41) is 0. The number of hydrogen-bond acceptors (Lipinski definition) is 2. The van der Waals surface area contributed by atoms with Crippen LogP contribution < -0.4 is 11.1 Å². The predicted molar refractivity (Wildman–Crippen MR) is 73.7 cm³/mol. The maximum Gasteiger partial charge on any atom is 0.320 e. The fourth-order valence-electron chi connectivity index (χ4n) is 2.17. The lowest BCUT2D eigenvalue weighted by molar-refractivity contribution is 0.590. The van der Waals surface area contributed by atoms with Gasteiger partial charge < -0.3 is 4.57 Å². The Kier molecular flexibility index (Phi) is 3.04. The van der Waals surface area contributed by atoms with Gasteiger partial charge in [-0.15, -0.1) is 0 Å². The average Bonchev–Trinajstić information content (AvgIpc) is 3.23. The van der Waals surface area contributed by atoms with Crippen LogP contribution in [-0.4, -0.2) is 9.13 Å². The first kappa shape index (κ1) is 12.8. The van der Waals surface area contributed by atoms with Gasteiger partial charge in [0.05, 0.1) is 5.69 Å². The minimum atomic E-state index is -0.642. The van der Waals surface area contributed by atoms with Gasteiger partial charge in [-0.2, -0.15) is 0 Å². The molecule has 0 amide bonds. The van der Waals surface area contributed by atoms with E-state index in [-0.39, 0.29) is 0 Å². The van der Waals surface area contributed by atoms with E-state index in [1.807, 2.05) is 0 Å². The smallest absolute Gasteiger partial charge is 0.309 e. The summed E-state index contributed by atoms with van der Waals surface area (Å²) in [5.74, 6) is 0.122. The molecule has 1 fully saturated rings. The fourth-order valence-corrected chi connectivity index (χ4v) is 2.17. The maximum atomic E-state index is 13.6. The van der Waals surface area contributed by atoms with Crippen molar-refractivity contribution in [3.8, 4) is 5.69 Å². The van der Waals surface area contributed by atoms with Crippen molar-refractivity contribution in [1.29, 1.82) is 0 Å². The lowest BCUT2D eigenvalue weighted by Gasteiger charge is -2.09. The third-order valence-electron chi connectivity index (χ3n) is 3.64. The molecule has 0 N–H and O–H groups in total. The maximum absolute atomic E-state index is 13.6. The Morgan fingerprint density at radius 3 is 2.60 bits per heavy atom. The molecule has 0 aliphatic heterocycles. The average molecular weight is 274 g/mol. The minimum Gasteiger partial charge on any atom is -0.309 e. The Balaban J connectivity index is 2.05. The van der Waals surface area contributed by atoms with E-state index in [0.29, 0.717) is 23.7 Å². The molecule has 1 aromatic heterocycles. The van der Waals surface area contributed by atoms with Gasteiger partial charge in [-0.1, -0.05) is 6.07 Å². The number of rotatable bonds is 3.